The molecule has 1 aliphatic rings. The van der Waals surface area contributed by atoms with Gasteiger partial charge in [0.1, 0.15) is 5.72 Å². The van der Waals surface area contributed by atoms with Crippen LogP contribution in [0, 0.1) is 0 Å². The molecular weight excluding hydrogens is 302 g/mol. The Morgan fingerprint density at radius 1 is 1.13 bits per heavy atom. The largest absolute Gasteiger partial charge is 0.363 e. The number of nitrogens with zero attached hydrogens (tertiary/aromatic N) is 1. The SMILES string of the molecule is CCCN(CCc1cccs1)[C@@]1(OC)CCc2ccccc2C1. The first kappa shape index (κ1) is 16.7. The fourth-order valence-electron chi connectivity index (χ4n) is 3.75. The van der Waals surface area contributed by atoms with E-state index in [-0.39, 0.29) is 5.72 Å². The molecule has 0 saturated carbocycles. The summed E-state index contributed by atoms with van der Waals surface area (Å²) in [4.78, 5) is 4.05. The lowest BCUT2D eigenvalue weighted by Gasteiger charge is -2.46. The second kappa shape index (κ2) is 7.61. The maximum absolute atomic E-state index is 6.15. The monoisotopic (exact) mass is 329 g/mol. The molecule has 0 radical (unpaired) electrons. The molecule has 1 aromatic heterocycles. The number of thiophene rings is 1. The van der Waals surface area contributed by atoms with E-state index >= 15 is 0 Å². The van der Waals surface area contributed by atoms with Gasteiger partial charge in [-0.15, -0.1) is 11.3 Å². The maximum Gasteiger partial charge on any atom is 0.125 e. The Labute approximate surface area is 144 Å². The first-order chi connectivity index (χ1) is 11.3. The van der Waals surface area contributed by atoms with E-state index < -0.39 is 0 Å². The van der Waals surface area contributed by atoms with Crippen molar-refractivity contribution in [1.82, 2.24) is 4.90 Å². The van der Waals surface area contributed by atoms with Crippen LogP contribution in [-0.4, -0.2) is 30.8 Å². The Morgan fingerprint density at radius 2 is 1.96 bits per heavy atom. The van der Waals surface area contributed by atoms with Crippen LogP contribution in [0.1, 0.15) is 35.8 Å². The van der Waals surface area contributed by atoms with Crippen molar-refractivity contribution in [2.45, 2.75) is 44.8 Å². The minimum Gasteiger partial charge on any atom is -0.363 e. The summed E-state index contributed by atoms with van der Waals surface area (Å²) in [6.45, 7) is 4.43. The quantitative estimate of drug-likeness (QED) is 0.692. The highest BCUT2D eigenvalue weighted by atomic mass is 32.1. The highest BCUT2D eigenvalue weighted by Gasteiger charge is 2.39. The summed E-state index contributed by atoms with van der Waals surface area (Å²) >= 11 is 1.86. The highest BCUT2D eigenvalue weighted by molar-refractivity contribution is 7.09. The van der Waals surface area contributed by atoms with E-state index in [9.17, 15) is 0 Å². The molecule has 124 valence electrons. The van der Waals surface area contributed by atoms with E-state index in [0.29, 0.717) is 0 Å². The molecule has 0 aliphatic heterocycles. The Morgan fingerprint density at radius 3 is 2.65 bits per heavy atom. The summed E-state index contributed by atoms with van der Waals surface area (Å²) in [5.74, 6) is 0. The Balaban J connectivity index is 1.78. The fraction of sp³-hybridized carbons (Fsp3) is 0.500. The van der Waals surface area contributed by atoms with Crippen molar-refractivity contribution in [3.63, 3.8) is 0 Å². The molecule has 0 unspecified atom stereocenters. The molecule has 0 spiro atoms. The number of methoxy groups -OCH3 is 1. The van der Waals surface area contributed by atoms with Crippen LogP contribution >= 0.6 is 11.3 Å². The van der Waals surface area contributed by atoms with Crippen molar-refractivity contribution in [3.05, 3.63) is 57.8 Å². The van der Waals surface area contributed by atoms with E-state index in [2.05, 4.69) is 53.6 Å². The zero-order chi connectivity index (χ0) is 16.1. The van der Waals surface area contributed by atoms with E-state index in [1.807, 2.05) is 18.4 Å². The summed E-state index contributed by atoms with van der Waals surface area (Å²) in [6.07, 6.45) is 5.49. The van der Waals surface area contributed by atoms with Crippen molar-refractivity contribution in [2.24, 2.45) is 0 Å². The van der Waals surface area contributed by atoms with E-state index in [1.165, 1.54) is 16.0 Å². The minimum atomic E-state index is -0.137. The molecule has 1 heterocycles. The predicted octanol–water partition coefficient (Wildman–Crippen LogP) is 4.53. The zero-order valence-corrected chi connectivity index (χ0v) is 15.1. The third-order valence-corrected chi connectivity index (χ3v) is 5.96. The molecule has 0 bridgehead atoms. The van der Waals surface area contributed by atoms with Crippen LogP contribution in [0.4, 0.5) is 0 Å². The third-order valence-electron chi connectivity index (χ3n) is 5.03. The lowest BCUT2D eigenvalue weighted by atomic mass is 9.84. The molecule has 1 aromatic carbocycles. The Hall–Kier alpha value is -1.16. The van der Waals surface area contributed by atoms with Gasteiger partial charge in [0.05, 0.1) is 0 Å². The number of aryl methyl sites for hydroxylation is 1. The summed E-state index contributed by atoms with van der Waals surface area (Å²) in [7, 11) is 1.89. The highest BCUT2D eigenvalue weighted by Crippen LogP contribution is 2.34. The minimum absolute atomic E-state index is 0.137. The number of fused-ring (bicyclic) bond motifs is 1. The number of benzene rings is 1. The van der Waals surface area contributed by atoms with Crippen LogP contribution in [0.2, 0.25) is 0 Å². The van der Waals surface area contributed by atoms with Gasteiger partial charge in [-0.2, -0.15) is 0 Å². The standard InChI is InChI=1S/C20H27NOS/c1-3-13-21(14-11-19-9-6-15-23-19)20(22-2)12-10-17-7-4-5-8-18(17)16-20/h4-9,15H,3,10-14,16H2,1-2H3/t20-/m1/s1. The molecular formula is C20H27NOS. The summed E-state index contributed by atoms with van der Waals surface area (Å²) in [5.41, 5.74) is 2.81. The molecule has 1 atom stereocenters. The fourth-order valence-corrected chi connectivity index (χ4v) is 4.45. The maximum atomic E-state index is 6.15. The van der Waals surface area contributed by atoms with E-state index in [0.717, 1.165) is 45.2 Å². The van der Waals surface area contributed by atoms with Crippen molar-refractivity contribution in [3.8, 4) is 0 Å². The summed E-state index contributed by atoms with van der Waals surface area (Å²) in [5, 5.41) is 2.17. The van der Waals surface area contributed by atoms with Gasteiger partial charge in [-0.25, -0.2) is 0 Å². The normalized spacial score (nSPS) is 20.7. The number of ether oxygens (including phenoxy) is 1. The van der Waals surface area contributed by atoms with Crippen LogP contribution in [0.15, 0.2) is 41.8 Å². The third kappa shape index (κ3) is 3.68. The van der Waals surface area contributed by atoms with Gasteiger partial charge < -0.3 is 4.74 Å². The first-order valence-corrected chi connectivity index (χ1v) is 9.55. The van der Waals surface area contributed by atoms with Gasteiger partial charge in [-0.3, -0.25) is 4.90 Å². The van der Waals surface area contributed by atoms with Crippen LogP contribution in [0.3, 0.4) is 0 Å². The molecule has 1 aliphatic carbocycles. The van der Waals surface area contributed by atoms with Gasteiger partial charge in [0.25, 0.3) is 0 Å². The van der Waals surface area contributed by atoms with Gasteiger partial charge in [0.15, 0.2) is 0 Å². The van der Waals surface area contributed by atoms with Crippen LogP contribution in [-0.2, 0) is 24.0 Å². The van der Waals surface area contributed by atoms with Crippen molar-refractivity contribution in [1.29, 1.82) is 0 Å². The molecule has 0 amide bonds. The van der Waals surface area contributed by atoms with E-state index in [1.54, 1.807) is 0 Å². The van der Waals surface area contributed by atoms with Gasteiger partial charge in [0.2, 0.25) is 0 Å². The van der Waals surface area contributed by atoms with Crippen molar-refractivity contribution in [2.75, 3.05) is 20.2 Å². The molecule has 2 aromatic rings. The summed E-state index contributed by atoms with van der Waals surface area (Å²) in [6, 6.07) is 13.2. The second-order valence-electron chi connectivity index (χ2n) is 6.41. The van der Waals surface area contributed by atoms with Crippen molar-refractivity contribution >= 4 is 11.3 Å². The van der Waals surface area contributed by atoms with Gasteiger partial charge >= 0.3 is 0 Å². The molecule has 0 saturated heterocycles. The molecule has 0 fully saturated rings. The average Bonchev–Trinajstić information content (AvgIpc) is 3.11. The summed E-state index contributed by atoms with van der Waals surface area (Å²) < 4.78 is 6.15. The van der Waals surface area contributed by atoms with Crippen LogP contribution < -0.4 is 0 Å². The average molecular weight is 330 g/mol. The predicted molar refractivity (Wildman–Crippen MR) is 98.1 cm³/mol. The van der Waals surface area contributed by atoms with Crippen LogP contribution in [0.5, 0.6) is 0 Å². The number of hydrogen-bond acceptors (Lipinski definition) is 3. The zero-order valence-electron chi connectivity index (χ0n) is 14.3. The van der Waals surface area contributed by atoms with Crippen molar-refractivity contribution < 1.29 is 4.74 Å². The Kier molecular flexibility index (Phi) is 5.52. The molecule has 2 nitrogen and oxygen atoms in total. The lowest BCUT2D eigenvalue weighted by molar-refractivity contribution is -0.144. The molecule has 3 heteroatoms. The second-order valence-corrected chi connectivity index (χ2v) is 7.44. The van der Waals surface area contributed by atoms with Crippen LogP contribution in [0.25, 0.3) is 0 Å². The van der Waals surface area contributed by atoms with Gasteiger partial charge in [-0.05, 0) is 48.3 Å². The first-order valence-electron chi connectivity index (χ1n) is 8.67. The van der Waals surface area contributed by atoms with Gasteiger partial charge in [-0.1, -0.05) is 37.3 Å². The molecule has 23 heavy (non-hydrogen) atoms. The molecule has 0 N–H and O–H groups in total. The smallest absolute Gasteiger partial charge is 0.125 e. The number of rotatable bonds is 7. The lowest BCUT2D eigenvalue weighted by Crippen LogP contribution is -2.54. The van der Waals surface area contributed by atoms with Gasteiger partial charge in [0, 0.05) is 31.5 Å². The van der Waals surface area contributed by atoms with E-state index in [4.69, 9.17) is 4.74 Å². The Bertz CT molecular complexity index is 610. The topological polar surface area (TPSA) is 12.5 Å². The number of hydrogen-bond donors (Lipinski definition) is 0. The molecule has 3 rings (SSSR count).